The van der Waals surface area contributed by atoms with E-state index < -0.39 is 5.54 Å². The highest BCUT2D eigenvalue weighted by atomic mass is 79.9. The third-order valence-corrected chi connectivity index (χ3v) is 2.31. The predicted molar refractivity (Wildman–Crippen MR) is 60.0 cm³/mol. The third-order valence-electron chi connectivity index (χ3n) is 1.81. The SMILES string of the molecule is C[C@@](N)(CO)c1cccc(Br)c1.Cl. The first kappa shape index (κ1) is 12.9. The fourth-order valence-electron chi connectivity index (χ4n) is 0.935. The Kier molecular flexibility index (Phi) is 4.92. The molecule has 0 amide bonds. The summed E-state index contributed by atoms with van der Waals surface area (Å²) in [5, 5.41) is 9.00. The van der Waals surface area contributed by atoms with Gasteiger partial charge in [-0.15, -0.1) is 12.4 Å². The maximum absolute atomic E-state index is 9.00. The van der Waals surface area contributed by atoms with E-state index in [9.17, 15) is 0 Å². The molecule has 0 aliphatic rings. The van der Waals surface area contributed by atoms with Gasteiger partial charge in [-0.05, 0) is 24.6 Å². The molecular formula is C9H13BrClNO. The van der Waals surface area contributed by atoms with Crippen molar-refractivity contribution in [2.45, 2.75) is 12.5 Å². The van der Waals surface area contributed by atoms with Gasteiger partial charge in [0.05, 0.1) is 12.1 Å². The van der Waals surface area contributed by atoms with Crippen molar-refractivity contribution < 1.29 is 5.11 Å². The lowest BCUT2D eigenvalue weighted by Gasteiger charge is -2.22. The maximum Gasteiger partial charge on any atom is 0.0650 e. The van der Waals surface area contributed by atoms with Crippen molar-refractivity contribution in [2.75, 3.05) is 6.61 Å². The number of aliphatic hydroxyl groups is 1. The van der Waals surface area contributed by atoms with Crippen LogP contribution in [-0.4, -0.2) is 11.7 Å². The van der Waals surface area contributed by atoms with Crippen LogP contribution >= 0.6 is 28.3 Å². The highest BCUT2D eigenvalue weighted by Gasteiger charge is 2.19. The maximum atomic E-state index is 9.00. The van der Waals surface area contributed by atoms with Gasteiger partial charge in [0.15, 0.2) is 0 Å². The van der Waals surface area contributed by atoms with Gasteiger partial charge >= 0.3 is 0 Å². The highest BCUT2D eigenvalue weighted by Crippen LogP contribution is 2.20. The Morgan fingerprint density at radius 3 is 2.62 bits per heavy atom. The zero-order valence-electron chi connectivity index (χ0n) is 7.33. The van der Waals surface area contributed by atoms with Crippen molar-refractivity contribution in [3.63, 3.8) is 0 Å². The lowest BCUT2D eigenvalue weighted by atomic mass is 9.95. The summed E-state index contributed by atoms with van der Waals surface area (Å²) >= 11 is 3.35. The summed E-state index contributed by atoms with van der Waals surface area (Å²) < 4.78 is 0.977. The fourth-order valence-corrected chi connectivity index (χ4v) is 1.33. The topological polar surface area (TPSA) is 46.2 Å². The van der Waals surface area contributed by atoms with Gasteiger partial charge in [0.2, 0.25) is 0 Å². The van der Waals surface area contributed by atoms with Crippen LogP contribution in [0.3, 0.4) is 0 Å². The third kappa shape index (κ3) is 3.27. The van der Waals surface area contributed by atoms with E-state index in [1.807, 2.05) is 24.3 Å². The number of hydrogen-bond acceptors (Lipinski definition) is 2. The van der Waals surface area contributed by atoms with Crippen LogP contribution in [-0.2, 0) is 5.54 Å². The number of nitrogens with two attached hydrogens (primary N) is 1. The number of rotatable bonds is 2. The quantitative estimate of drug-likeness (QED) is 0.860. The molecule has 0 bridgehead atoms. The Morgan fingerprint density at radius 2 is 2.15 bits per heavy atom. The largest absolute Gasteiger partial charge is 0.394 e. The average molecular weight is 267 g/mol. The smallest absolute Gasteiger partial charge is 0.0650 e. The molecule has 1 aromatic rings. The first-order chi connectivity index (χ1) is 5.56. The van der Waals surface area contributed by atoms with E-state index in [0.29, 0.717) is 0 Å². The Hall–Kier alpha value is -0.0900. The molecule has 13 heavy (non-hydrogen) atoms. The molecule has 0 heterocycles. The van der Waals surface area contributed by atoms with Gasteiger partial charge < -0.3 is 10.8 Å². The predicted octanol–water partition coefficient (Wildman–Crippen LogP) is 2.04. The summed E-state index contributed by atoms with van der Waals surface area (Å²) in [6.45, 7) is 1.75. The second-order valence-corrected chi connectivity index (χ2v) is 4.00. The van der Waals surface area contributed by atoms with Gasteiger partial charge in [0.1, 0.15) is 0 Å². The molecule has 74 valence electrons. The summed E-state index contributed by atoms with van der Waals surface area (Å²) in [6.07, 6.45) is 0. The molecule has 0 fully saturated rings. The van der Waals surface area contributed by atoms with Crippen molar-refractivity contribution in [3.8, 4) is 0 Å². The molecule has 0 aromatic heterocycles. The molecule has 0 unspecified atom stereocenters. The Bertz CT molecular complexity index is 278. The molecule has 0 aliphatic carbocycles. The first-order valence-electron chi connectivity index (χ1n) is 3.72. The minimum atomic E-state index is -0.649. The average Bonchev–Trinajstić information content (AvgIpc) is 2.05. The molecule has 0 aliphatic heterocycles. The van der Waals surface area contributed by atoms with Crippen LogP contribution in [0.5, 0.6) is 0 Å². The summed E-state index contributed by atoms with van der Waals surface area (Å²) in [5.41, 5.74) is 6.12. The van der Waals surface area contributed by atoms with Gasteiger partial charge in [0, 0.05) is 4.47 Å². The summed E-state index contributed by atoms with van der Waals surface area (Å²) in [7, 11) is 0. The van der Waals surface area contributed by atoms with E-state index in [0.717, 1.165) is 10.0 Å². The highest BCUT2D eigenvalue weighted by molar-refractivity contribution is 9.10. The van der Waals surface area contributed by atoms with E-state index >= 15 is 0 Å². The van der Waals surface area contributed by atoms with Gasteiger partial charge in [-0.2, -0.15) is 0 Å². The van der Waals surface area contributed by atoms with Gasteiger partial charge in [-0.3, -0.25) is 0 Å². The molecule has 0 radical (unpaired) electrons. The van der Waals surface area contributed by atoms with Crippen molar-refractivity contribution in [3.05, 3.63) is 34.3 Å². The molecule has 1 aromatic carbocycles. The minimum Gasteiger partial charge on any atom is -0.394 e. The van der Waals surface area contributed by atoms with Crippen LogP contribution in [0.25, 0.3) is 0 Å². The van der Waals surface area contributed by atoms with Gasteiger partial charge in [-0.25, -0.2) is 0 Å². The van der Waals surface area contributed by atoms with E-state index in [-0.39, 0.29) is 19.0 Å². The van der Waals surface area contributed by atoms with E-state index in [1.165, 1.54) is 0 Å². The van der Waals surface area contributed by atoms with Crippen LogP contribution in [0.1, 0.15) is 12.5 Å². The zero-order chi connectivity index (χ0) is 9.19. The standard InChI is InChI=1S/C9H12BrNO.ClH/c1-9(11,6-12)7-3-2-4-8(10)5-7;/h2-5,12H,6,11H2,1H3;1H/t9-;/m1./s1. The number of aliphatic hydroxyl groups excluding tert-OH is 1. The molecule has 4 heteroatoms. The van der Waals surface area contributed by atoms with Crippen LogP contribution in [0.2, 0.25) is 0 Å². The summed E-state index contributed by atoms with van der Waals surface area (Å²) in [4.78, 5) is 0. The minimum absolute atomic E-state index is 0. The lowest BCUT2D eigenvalue weighted by molar-refractivity contribution is 0.210. The molecule has 2 nitrogen and oxygen atoms in total. The molecule has 1 rings (SSSR count). The van der Waals surface area contributed by atoms with E-state index in [4.69, 9.17) is 10.8 Å². The molecule has 3 N–H and O–H groups in total. The van der Waals surface area contributed by atoms with Crippen LogP contribution in [0, 0.1) is 0 Å². The van der Waals surface area contributed by atoms with Crippen molar-refractivity contribution >= 4 is 28.3 Å². The number of hydrogen-bond donors (Lipinski definition) is 2. The zero-order valence-corrected chi connectivity index (χ0v) is 9.73. The normalized spacial score (nSPS) is 14.5. The second kappa shape index (κ2) is 4.96. The first-order valence-corrected chi connectivity index (χ1v) is 4.51. The Balaban J connectivity index is 0.00000144. The number of benzene rings is 1. The van der Waals surface area contributed by atoms with E-state index in [1.54, 1.807) is 6.92 Å². The lowest BCUT2D eigenvalue weighted by Crippen LogP contribution is -2.36. The molecular weight excluding hydrogens is 253 g/mol. The van der Waals surface area contributed by atoms with Gasteiger partial charge in [-0.1, -0.05) is 28.1 Å². The van der Waals surface area contributed by atoms with Crippen molar-refractivity contribution in [1.29, 1.82) is 0 Å². The monoisotopic (exact) mass is 265 g/mol. The van der Waals surface area contributed by atoms with Crippen LogP contribution in [0.4, 0.5) is 0 Å². The Labute approximate surface area is 92.7 Å². The van der Waals surface area contributed by atoms with Crippen molar-refractivity contribution in [2.24, 2.45) is 5.73 Å². The van der Waals surface area contributed by atoms with Crippen molar-refractivity contribution in [1.82, 2.24) is 0 Å². The summed E-state index contributed by atoms with van der Waals surface area (Å²) in [5.74, 6) is 0. The fraction of sp³-hybridized carbons (Fsp3) is 0.333. The molecule has 0 spiro atoms. The molecule has 0 saturated carbocycles. The summed E-state index contributed by atoms with van der Waals surface area (Å²) in [6, 6.07) is 7.65. The van der Waals surface area contributed by atoms with Gasteiger partial charge in [0.25, 0.3) is 0 Å². The number of halogens is 2. The van der Waals surface area contributed by atoms with Crippen LogP contribution in [0.15, 0.2) is 28.7 Å². The Morgan fingerprint density at radius 1 is 1.54 bits per heavy atom. The molecule has 0 saturated heterocycles. The van der Waals surface area contributed by atoms with Crippen LogP contribution < -0.4 is 5.73 Å². The molecule has 1 atom stereocenters. The second-order valence-electron chi connectivity index (χ2n) is 3.09. The van der Waals surface area contributed by atoms with E-state index in [2.05, 4.69) is 15.9 Å².